The van der Waals surface area contributed by atoms with E-state index in [0.29, 0.717) is 18.9 Å². The minimum absolute atomic E-state index is 0.340. The van der Waals surface area contributed by atoms with Crippen LogP contribution >= 0.6 is 0 Å². The van der Waals surface area contributed by atoms with Gasteiger partial charge in [0.25, 0.3) is 0 Å². The van der Waals surface area contributed by atoms with Crippen LogP contribution in [0.5, 0.6) is 0 Å². The molecular formula is C17H19F3N4. The third kappa shape index (κ3) is 4.03. The van der Waals surface area contributed by atoms with Crippen LogP contribution in [0.15, 0.2) is 36.7 Å². The summed E-state index contributed by atoms with van der Waals surface area (Å²) >= 11 is 0. The van der Waals surface area contributed by atoms with E-state index in [1.807, 2.05) is 4.90 Å². The number of halogens is 3. The Kier molecular flexibility index (Phi) is 4.71. The second kappa shape index (κ2) is 6.76. The lowest BCUT2D eigenvalue weighted by molar-refractivity contribution is -0.141. The maximum absolute atomic E-state index is 12.8. The molecule has 0 radical (unpaired) electrons. The smallest absolute Gasteiger partial charge is 0.354 e. The van der Waals surface area contributed by atoms with Crippen LogP contribution in [-0.2, 0) is 12.7 Å². The molecule has 4 nitrogen and oxygen atoms in total. The van der Waals surface area contributed by atoms with Gasteiger partial charge in [-0.15, -0.1) is 0 Å². The minimum atomic E-state index is -4.44. The first-order valence-electron chi connectivity index (χ1n) is 7.84. The van der Waals surface area contributed by atoms with E-state index in [0.717, 1.165) is 32.0 Å². The molecule has 0 N–H and O–H groups in total. The number of hydrogen-bond donors (Lipinski definition) is 0. The van der Waals surface area contributed by atoms with Gasteiger partial charge >= 0.3 is 6.18 Å². The monoisotopic (exact) mass is 336 g/mol. The fourth-order valence-corrected chi connectivity index (χ4v) is 2.76. The molecule has 24 heavy (non-hydrogen) atoms. The summed E-state index contributed by atoms with van der Waals surface area (Å²) in [5, 5.41) is 0. The number of rotatable bonds is 3. The van der Waals surface area contributed by atoms with E-state index in [2.05, 4.69) is 46.1 Å². The van der Waals surface area contributed by atoms with E-state index in [4.69, 9.17) is 0 Å². The van der Waals surface area contributed by atoms with E-state index in [-0.39, 0.29) is 0 Å². The molecule has 1 saturated heterocycles. The van der Waals surface area contributed by atoms with E-state index >= 15 is 0 Å². The summed E-state index contributed by atoms with van der Waals surface area (Å²) < 4.78 is 38.3. The van der Waals surface area contributed by atoms with Gasteiger partial charge in [0.2, 0.25) is 0 Å². The average molecular weight is 336 g/mol. The highest BCUT2D eigenvalue weighted by molar-refractivity contribution is 5.40. The Hall–Kier alpha value is -2.15. The van der Waals surface area contributed by atoms with Crippen LogP contribution in [0.1, 0.15) is 16.8 Å². The Bertz CT molecular complexity index is 677. The summed E-state index contributed by atoms with van der Waals surface area (Å²) in [7, 11) is 0. The molecule has 1 aliphatic rings. The third-order valence-electron chi connectivity index (χ3n) is 4.17. The van der Waals surface area contributed by atoms with Gasteiger partial charge in [0.15, 0.2) is 0 Å². The van der Waals surface area contributed by atoms with Crippen molar-refractivity contribution in [2.45, 2.75) is 19.6 Å². The molecule has 128 valence electrons. The number of nitrogens with zero attached hydrogens (tertiary/aromatic N) is 4. The van der Waals surface area contributed by atoms with Crippen LogP contribution in [0.3, 0.4) is 0 Å². The van der Waals surface area contributed by atoms with Crippen LogP contribution < -0.4 is 4.90 Å². The van der Waals surface area contributed by atoms with Crippen molar-refractivity contribution in [2.75, 3.05) is 31.1 Å². The van der Waals surface area contributed by atoms with Gasteiger partial charge in [-0.3, -0.25) is 4.90 Å². The average Bonchev–Trinajstić information content (AvgIpc) is 2.57. The van der Waals surface area contributed by atoms with E-state index in [1.54, 1.807) is 0 Å². The fourth-order valence-electron chi connectivity index (χ4n) is 2.76. The van der Waals surface area contributed by atoms with Gasteiger partial charge in [-0.1, -0.05) is 29.8 Å². The molecule has 0 saturated carbocycles. The van der Waals surface area contributed by atoms with Crippen LogP contribution in [-0.4, -0.2) is 41.0 Å². The summed E-state index contributed by atoms with van der Waals surface area (Å²) in [6.45, 7) is 5.80. The van der Waals surface area contributed by atoms with Gasteiger partial charge in [0.1, 0.15) is 17.8 Å². The molecule has 0 amide bonds. The Labute approximate surface area is 138 Å². The lowest BCUT2D eigenvalue weighted by Crippen LogP contribution is -2.46. The minimum Gasteiger partial charge on any atom is -0.354 e. The molecule has 0 spiro atoms. The highest BCUT2D eigenvalue weighted by Gasteiger charge is 2.33. The first-order chi connectivity index (χ1) is 11.4. The van der Waals surface area contributed by atoms with Crippen molar-refractivity contribution >= 4 is 5.82 Å². The summed E-state index contributed by atoms with van der Waals surface area (Å²) in [4.78, 5) is 11.5. The largest absolute Gasteiger partial charge is 0.433 e. The number of aromatic nitrogens is 2. The highest BCUT2D eigenvalue weighted by Crippen LogP contribution is 2.29. The second-order valence-electron chi connectivity index (χ2n) is 6.01. The lowest BCUT2D eigenvalue weighted by atomic mass is 10.1. The molecule has 0 aliphatic carbocycles. The molecule has 0 bridgehead atoms. The SMILES string of the molecule is Cc1ccc(CN2CCN(c3cc(C(F)(F)F)ncn3)CC2)cc1. The summed E-state index contributed by atoms with van der Waals surface area (Å²) in [6, 6.07) is 9.43. The van der Waals surface area contributed by atoms with Crippen molar-refractivity contribution in [2.24, 2.45) is 0 Å². The number of anilines is 1. The Morgan fingerprint density at radius 1 is 1.00 bits per heavy atom. The van der Waals surface area contributed by atoms with Crippen molar-refractivity contribution in [1.82, 2.24) is 14.9 Å². The van der Waals surface area contributed by atoms with Gasteiger partial charge in [0, 0.05) is 38.8 Å². The Morgan fingerprint density at radius 2 is 1.67 bits per heavy atom. The molecule has 3 rings (SSSR count). The van der Waals surface area contributed by atoms with Crippen molar-refractivity contribution in [3.8, 4) is 0 Å². The van der Waals surface area contributed by atoms with E-state index < -0.39 is 11.9 Å². The molecular weight excluding hydrogens is 317 g/mol. The topological polar surface area (TPSA) is 32.3 Å². The van der Waals surface area contributed by atoms with Gasteiger partial charge in [-0.25, -0.2) is 9.97 Å². The molecule has 2 aromatic rings. The highest BCUT2D eigenvalue weighted by atomic mass is 19.4. The molecule has 2 heterocycles. The number of alkyl halides is 3. The van der Waals surface area contributed by atoms with Crippen LogP contribution in [0.25, 0.3) is 0 Å². The zero-order valence-corrected chi connectivity index (χ0v) is 13.4. The van der Waals surface area contributed by atoms with Gasteiger partial charge in [-0.2, -0.15) is 13.2 Å². The summed E-state index contributed by atoms with van der Waals surface area (Å²) in [5.41, 5.74) is 1.58. The molecule has 7 heteroatoms. The number of hydrogen-bond acceptors (Lipinski definition) is 4. The molecule has 0 unspecified atom stereocenters. The van der Waals surface area contributed by atoms with Crippen LogP contribution in [0.4, 0.5) is 19.0 Å². The van der Waals surface area contributed by atoms with Gasteiger partial charge in [-0.05, 0) is 12.5 Å². The van der Waals surface area contributed by atoms with Gasteiger partial charge < -0.3 is 4.90 Å². The molecule has 0 atom stereocenters. The van der Waals surface area contributed by atoms with Crippen LogP contribution in [0.2, 0.25) is 0 Å². The summed E-state index contributed by atoms with van der Waals surface area (Å²) in [6.07, 6.45) is -3.46. The Morgan fingerprint density at radius 3 is 2.29 bits per heavy atom. The Balaban J connectivity index is 1.60. The lowest BCUT2D eigenvalue weighted by Gasteiger charge is -2.35. The maximum atomic E-state index is 12.8. The van der Waals surface area contributed by atoms with E-state index in [1.165, 1.54) is 11.1 Å². The molecule has 1 aromatic heterocycles. The predicted molar refractivity (Wildman–Crippen MR) is 85.7 cm³/mol. The second-order valence-corrected chi connectivity index (χ2v) is 6.01. The zero-order chi connectivity index (χ0) is 17.2. The zero-order valence-electron chi connectivity index (χ0n) is 13.4. The van der Waals surface area contributed by atoms with Crippen molar-refractivity contribution in [1.29, 1.82) is 0 Å². The molecule has 1 aromatic carbocycles. The fraction of sp³-hybridized carbons (Fsp3) is 0.412. The number of piperazine rings is 1. The number of aryl methyl sites for hydroxylation is 1. The quantitative estimate of drug-likeness (QED) is 0.862. The first kappa shape index (κ1) is 16.7. The van der Waals surface area contributed by atoms with E-state index in [9.17, 15) is 13.2 Å². The van der Waals surface area contributed by atoms with Gasteiger partial charge in [0.05, 0.1) is 0 Å². The summed E-state index contributed by atoms with van der Waals surface area (Å²) in [5.74, 6) is 0.340. The van der Waals surface area contributed by atoms with Crippen molar-refractivity contribution < 1.29 is 13.2 Å². The van der Waals surface area contributed by atoms with Crippen molar-refractivity contribution in [3.05, 3.63) is 53.5 Å². The first-order valence-corrected chi connectivity index (χ1v) is 7.84. The third-order valence-corrected chi connectivity index (χ3v) is 4.17. The normalized spacial score (nSPS) is 16.4. The molecule has 1 aliphatic heterocycles. The predicted octanol–water partition coefficient (Wildman–Crippen LogP) is 3.13. The number of benzene rings is 1. The van der Waals surface area contributed by atoms with Crippen molar-refractivity contribution in [3.63, 3.8) is 0 Å². The maximum Gasteiger partial charge on any atom is 0.433 e. The molecule has 1 fully saturated rings. The standard InChI is InChI=1S/C17H19F3N4/c1-13-2-4-14(5-3-13)11-23-6-8-24(9-7-23)16-10-15(17(18,19)20)21-12-22-16/h2-5,10,12H,6-9,11H2,1H3. The van der Waals surface area contributed by atoms with Crippen LogP contribution in [0, 0.1) is 6.92 Å².